The average Bonchev–Trinajstić information content (AvgIpc) is 2.37. The molecule has 1 fully saturated rings. The van der Waals surface area contributed by atoms with Crippen molar-refractivity contribution in [2.45, 2.75) is 39.3 Å². The Hall–Kier alpha value is -0.620. The Morgan fingerprint density at radius 3 is 2.74 bits per heavy atom. The van der Waals surface area contributed by atoms with Crippen LogP contribution in [0.1, 0.15) is 36.2 Å². The van der Waals surface area contributed by atoms with Crippen molar-refractivity contribution in [3.8, 4) is 0 Å². The van der Waals surface area contributed by atoms with Gasteiger partial charge in [-0.25, -0.2) is 0 Å². The number of halogens is 1. The minimum absolute atomic E-state index is 0.000326. The number of ether oxygens (including phenoxy) is 1. The number of nitrogens with one attached hydrogen (secondary N) is 1. The highest BCUT2D eigenvalue weighted by molar-refractivity contribution is 14.1. The molecule has 104 valence electrons. The first-order valence-electron chi connectivity index (χ1n) is 6.46. The lowest BCUT2D eigenvalue weighted by atomic mass is 9.64. The first-order chi connectivity index (χ1) is 8.87. The summed E-state index contributed by atoms with van der Waals surface area (Å²) in [5.74, 6) is 0.0146. The van der Waals surface area contributed by atoms with Crippen molar-refractivity contribution in [2.24, 2.45) is 5.41 Å². The van der Waals surface area contributed by atoms with Crippen LogP contribution in [0.3, 0.4) is 0 Å². The van der Waals surface area contributed by atoms with Gasteiger partial charge in [-0.1, -0.05) is 26.0 Å². The molecule has 3 nitrogen and oxygen atoms in total. The van der Waals surface area contributed by atoms with Crippen LogP contribution >= 0.6 is 22.6 Å². The van der Waals surface area contributed by atoms with Gasteiger partial charge in [0.25, 0.3) is 5.91 Å². The molecule has 1 saturated carbocycles. The van der Waals surface area contributed by atoms with E-state index in [2.05, 4.69) is 41.8 Å². The molecule has 0 spiro atoms. The Balaban J connectivity index is 2.09. The second-order valence-corrected chi connectivity index (χ2v) is 6.82. The van der Waals surface area contributed by atoms with E-state index in [-0.39, 0.29) is 23.5 Å². The number of carbonyl (C=O) groups excluding carboxylic acids is 1. The maximum atomic E-state index is 12.3. The predicted molar refractivity (Wildman–Crippen MR) is 84.3 cm³/mol. The number of aryl methyl sites for hydroxylation is 1. The van der Waals surface area contributed by atoms with E-state index in [1.54, 1.807) is 7.11 Å². The monoisotopic (exact) mass is 373 g/mol. The summed E-state index contributed by atoms with van der Waals surface area (Å²) in [7, 11) is 1.73. The van der Waals surface area contributed by atoms with Crippen LogP contribution in [0.25, 0.3) is 0 Å². The molecular formula is C15H20INO2. The Bertz CT molecular complexity index is 499. The molecule has 4 heteroatoms. The third-order valence-electron chi connectivity index (χ3n) is 4.20. The second kappa shape index (κ2) is 5.40. The molecule has 0 aromatic heterocycles. The zero-order valence-corrected chi connectivity index (χ0v) is 13.9. The Morgan fingerprint density at radius 2 is 2.16 bits per heavy atom. The van der Waals surface area contributed by atoms with Crippen LogP contribution in [0.2, 0.25) is 0 Å². The maximum Gasteiger partial charge on any atom is 0.252 e. The van der Waals surface area contributed by atoms with E-state index < -0.39 is 0 Å². The van der Waals surface area contributed by atoms with Crippen LogP contribution in [0.15, 0.2) is 18.2 Å². The van der Waals surface area contributed by atoms with Crippen LogP contribution in [0.4, 0.5) is 0 Å². The van der Waals surface area contributed by atoms with Gasteiger partial charge in [0.05, 0.1) is 11.7 Å². The molecule has 0 aliphatic heterocycles. The smallest absolute Gasteiger partial charge is 0.252 e. The molecule has 0 radical (unpaired) electrons. The third-order valence-corrected chi connectivity index (χ3v) is 5.64. The number of carbonyl (C=O) groups is 1. The lowest BCUT2D eigenvalue weighted by molar-refractivity contribution is -0.0942. The van der Waals surface area contributed by atoms with Gasteiger partial charge in [-0.3, -0.25) is 4.79 Å². The van der Waals surface area contributed by atoms with Gasteiger partial charge in [0.15, 0.2) is 0 Å². The van der Waals surface area contributed by atoms with E-state index in [1.165, 1.54) is 0 Å². The van der Waals surface area contributed by atoms with Gasteiger partial charge in [-0.05, 0) is 47.6 Å². The van der Waals surface area contributed by atoms with Crippen molar-refractivity contribution in [3.63, 3.8) is 0 Å². The van der Waals surface area contributed by atoms with Gasteiger partial charge in [0.1, 0.15) is 0 Å². The van der Waals surface area contributed by atoms with E-state index >= 15 is 0 Å². The summed E-state index contributed by atoms with van der Waals surface area (Å²) in [6.45, 7) is 6.29. The van der Waals surface area contributed by atoms with E-state index in [0.29, 0.717) is 0 Å². The van der Waals surface area contributed by atoms with Crippen molar-refractivity contribution in [3.05, 3.63) is 32.9 Å². The molecule has 1 amide bonds. The summed E-state index contributed by atoms with van der Waals surface area (Å²) >= 11 is 2.23. The van der Waals surface area contributed by atoms with E-state index in [1.807, 2.05) is 25.1 Å². The number of hydrogen-bond donors (Lipinski definition) is 1. The highest BCUT2D eigenvalue weighted by Gasteiger charge is 2.49. The molecule has 1 N–H and O–H groups in total. The topological polar surface area (TPSA) is 38.3 Å². The number of methoxy groups -OCH3 is 1. The molecular weight excluding hydrogens is 353 g/mol. The molecule has 1 aromatic carbocycles. The summed E-state index contributed by atoms with van der Waals surface area (Å²) in [5, 5.41) is 3.13. The van der Waals surface area contributed by atoms with E-state index in [0.717, 1.165) is 21.1 Å². The first-order valence-corrected chi connectivity index (χ1v) is 7.54. The summed E-state index contributed by atoms with van der Waals surface area (Å²) < 4.78 is 6.43. The normalized spacial score (nSPS) is 24.7. The van der Waals surface area contributed by atoms with Gasteiger partial charge in [0, 0.05) is 22.1 Å². The molecule has 0 heterocycles. The van der Waals surface area contributed by atoms with Crippen LogP contribution < -0.4 is 5.32 Å². The zero-order valence-electron chi connectivity index (χ0n) is 11.8. The lowest BCUT2D eigenvalue weighted by Gasteiger charge is -2.51. The van der Waals surface area contributed by atoms with Gasteiger partial charge in [0.2, 0.25) is 0 Å². The molecule has 1 aromatic rings. The molecule has 0 saturated heterocycles. The average molecular weight is 373 g/mol. The highest BCUT2D eigenvalue weighted by Crippen LogP contribution is 2.42. The quantitative estimate of drug-likeness (QED) is 0.827. The van der Waals surface area contributed by atoms with Gasteiger partial charge >= 0.3 is 0 Å². The lowest BCUT2D eigenvalue weighted by Crippen LogP contribution is -2.61. The summed E-state index contributed by atoms with van der Waals surface area (Å²) in [6, 6.07) is 6.01. The largest absolute Gasteiger partial charge is 0.381 e. The summed E-state index contributed by atoms with van der Waals surface area (Å²) in [6.07, 6.45) is 1.12. The SMILES string of the molecule is COC1CC(NC(=O)c2cccc(C)c2I)C1(C)C. The van der Waals surface area contributed by atoms with Crippen LogP contribution in [-0.2, 0) is 4.74 Å². The molecule has 0 bridgehead atoms. The van der Waals surface area contributed by atoms with Gasteiger partial charge in [-0.15, -0.1) is 0 Å². The minimum Gasteiger partial charge on any atom is -0.381 e. The molecule has 2 atom stereocenters. The second-order valence-electron chi connectivity index (χ2n) is 5.74. The van der Waals surface area contributed by atoms with Crippen molar-refractivity contribution in [2.75, 3.05) is 7.11 Å². The summed E-state index contributed by atoms with van der Waals surface area (Å²) in [5.41, 5.74) is 1.90. The molecule has 19 heavy (non-hydrogen) atoms. The number of amides is 1. The number of benzene rings is 1. The van der Waals surface area contributed by atoms with Crippen molar-refractivity contribution >= 4 is 28.5 Å². The number of rotatable bonds is 3. The summed E-state index contributed by atoms with van der Waals surface area (Å²) in [4.78, 5) is 12.3. The maximum absolute atomic E-state index is 12.3. The molecule has 2 rings (SSSR count). The fraction of sp³-hybridized carbons (Fsp3) is 0.533. The van der Waals surface area contributed by atoms with Gasteiger partial charge < -0.3 is 10.1 Å². The standard InChI is InChI=1S/C15H20INO2/c1-9-6-5-7-10(13(9)16)14(18)17-11-8-12(19-4)15(11,2)3/h5-7,11-12H,8H2,1-4H3,(H,17,18). The minimum atomic E-state index is -0.000326. The fourth-order valence-corrected chi connectivity index (χ4v) is 3.19. The molecule has 1 aliphatic rings. The fourth-order valence-electron chi connectivity index (χ4n) is 2.59. The van der Waals surface area contributed by atoms with Crippen molar-refractivity contribution in [1.82, 2.24) is 5.32 Å². The van der Waals surface area contributed by atoms with E-state index in [9.17, 15) is 4.79 Å². The zero-order chi connectivity index (χ0) is 14.2. The third kappa shape index (κ3) is 2.65. The Labute approximate surface area is 128 Å². The first kappa shape index (κ1) is 14.8. The highest BCUT2D eigenvalue weighted by atomic mass is 127. The Morgan fingerprint density at radius 1 is 1.47 bits per heavy atom. The van der Waals surface area contributed by atoms with Crippen molar-refractivity contribution in [1.29, 1.82) is 0 Å². The van der Waals surface area contributed by atoms with Crippen LogP contribution in [0, 0.1) is 15.9 Å². The van der Waals surface area contributed by atoms with Gasteiger partial charge in [-0.2, -0.15) is 0 Å². The molecule has 2 unspecified atom stereocenters. The number of hydrogen-bond acceptors (Lipinski definition) is 2. The van der Waals surface area contributed by atoms with E-state index in [4.69, 9.17) is 4.74 Å². The molecule has 1 aliphatic carbocycles. The van der Waals surface area contributed by atoms with Crippen LogP contribution in [0.5, 0.6) is 0 Å². The van der Waals surface area contributed by atoms with Crippen LogP contribution in [-0.4, -0.2) is 25.2 Å². The Kier molecular flexibility index (Phi) is 4.20. The predicted octanol–water partition coefficient (Wildman–Crippen LogP) is 3.14. The van der Waals surface area contributed by atoms with Crippen molar-refractivity contribution < 1.29 is 9.53 Å².